The molecule has 0 aliphatic carbocycles. The molecule has 2 amide bonds. The predicted molar refractivity (Wildman–Crippen MR) is 67.0 cm³/mol. The second-order valence-corrected chi connectivity index (χ2v) is 4.12. The Morgan fingerprint density at radius 3 is 2.43 bits per heavy atom. The van der Waals surface area contributed by atoms with E-state index in [1.807, 2.05) is 0 Å². The van der Waals surface area contributed by atoms with E-state index in [2.05, 4.69) is 10.6 Å². The Hall–Kier alpha value is -2.12. The van der Waals surface area contributed by atoms with Crippen LogP contribution in [0.3, 0.4) is 0 Å². The number of hydrogen-bond acceptors (Lipinski definition) is 2. The molecule has 0 atom stereocenters. The van der Waals surface area contributed by atoms with Crippen LogP contribution < -0.4 is 10.6 Å². The van der Waals surface area contributed by atoms with Crippen molar-refractivity contribution in [1.29, 1.82) is 0 Å². The fourth-order valence-corrected chi connectivity index (χ4v) is 1.60. The zero-order chi connectivity index (χ0) is 16.0. The Bertz CT molecular complexity index is 529. The fourth-order valence-electron chi connectivity index (χ4n) is 1.60. The van der Waals surface area contributed by atoms with Crippen molar-refractivity contribution in [3.05, 3.63) is 35.1 Å². The molecule has 116 valence electrons. The van der Waals surface area contributed by atoms with Gasteiger partial charge in [-0.05, 0) is 19.1 Å². The average molecular weight is 306 g/mol. The summed E-state index contributed by atoms with van der Waals surface area (Å²) in [5.41, 5.74) is -2.21. The van der Waals surface area contributed by atoms with E-state index < -0.39 is 29.0 Å². The second-order valence-electron chi connectivity index (χ2n) is 4.12. The normalized spacial score (nSPS) is 11.1. The van der Waals surface area contributed by atoms with Crippen LogP contribution in [0, 0.1) is 5.82 Å². The van der Waals surface area contributed by atoms with E-state index in [1.165, 1.54) is 0 Å². The summed E-state index contributed by atoms with van der Waals surface area (Å²) >= 11 is 0. The van der Waals surface area contributed by atoms with Crippen LogP contribution in [-0.4, -0.2) is 24.9 Å². The molecular weight excluding hydrogens is 292 g/mol. The molecule has 0 spiro atoms. The molecule has 0 saturated heterocycles. The van der Waals surface area contributed by atoms with Crippen LogP contribution in [0.4, 0.5) is 17.6 Å². The van der Waals surface area contributed by atoms with Gasteiger partial charge in [0.15, 0.2) is 0 Å². The number of rotatable bonds is 5. The molecule has 0 radical (unpaired) electrons. The number of alkyl halides is 3. The van der Waals surface area contributed by atoms with Gasteiger partial charge in [-0.1, -0.05) is 6.07 Å². The summed E-state index contributed by atoms with van der Waals surface area (Å²) in [5, 5.41) is 4.69. The molecule has 2 N–H and O–H groups in total. The monoisotopic (exact) mass is 306 g/mol. The fraction of sp³-hybridized carbons (Fsp3) is 0.385. The molecule has 0 saturated carbocycles. The van der Waals surface area contributed by atoms with Crippen molar-refractivity contribution in [3.63, 3.8) is 0 Å². The Labute approximate surface area is 118 Å². The van der Waals surface area contributed by atoms with Gasteiger partial charge in [0, 0.05) is 19.5 Å². The molecule has 4 nitrogen and oxygen atoms in total. The van der Waals surface area contributed by atoms with E-state index in [0.717, 1.165) is 12.1 Å². The number of hydrogen-bond donors (Lipinski definition) is 2. The summed E-state index contributed by atoms with van der Waals surface area (Å²) in [7, 11) is 0. The molecule has 0 aromatic heterocycles. The summed E-state index contributed by atoms with van der Waals surface area (Å²) in [6.45, 7) is 2.05. The maximum Gasteiger partial charge on any atom is 0.419 e. The van der Waals surface area contributed by atoms with Gasteiger partial charge in [-0.2, -0.15) is 13.2 Å². The lowest BCUT2D eigenvalue weighted by molar-refractivity contribution is -0.140. The van der Waals surface area contributed by atoms with Crippen molar-refractivity contribution in [2.75, 3.05) is 13.1 Å². The smallest absolute Gasteiger partial charge is 0.356 e. The average Bonchev–Trinajstić information content (AvgIpc) is 2.37. The van der Waals surface area contributed by atoms with Crippen LogP contribution in [-0.2, 0) is 11.0 Å². The Balaban J connectivity index is 2.73. The molecular formula is C13H14F4N2O2. The molecule has 0 unspecified atom stereocenters. The molecule has 0 heterocycles. The minimum Gasteiger partial charge on any atom is -0.356 e. The number of halogens is 4. The lowest BCUT2D eigenvalue weighted by Gasteiger charge is -2.11. The van der Waals surface area contributed by atoms with Gasteiger partial charge in [0.1, 0.15) is 5.82 Å². The highest BCUT2D eigenvalue weighted by molar-refractivity contribution is 5.95. The molecule has 1 aromatic carbocycles. The molecule has 0 aliphatic rings. The van der Waals surface area contributed by atoms with Crippen LogP contribution in [0.15, 0.2) is 18.2 Å². The summed E-state index contributed by atoms with van der Waals surface area (Å²) in [6.07, 6.45) is -4.92. The van der Waals surface area contributed by atoms with E-state index in [9.17, 15) is 27.2 Å². The van der Waals surface area contributed by atoms with Gasteiger partial charge in [-0.3, -0.25) is 9.59 Å². The van der Waals surface area contributed by atoms with Crippen molar-refractivity contribution in [3.8, 4) is 0 Å². The summed E-state index contributed by atoms with van der Waals surface area (Å²) in [5.74, 6) is -2.94. The van der Waals surface area contributed by atoms with Gasteiger partial charge in [0.2, 0.25) is 5.91 Å². The lowest BCUT2D eigenvalue weighted by Crippen LogP contribution is -2.31. The summed E-state index contributed by atoms with van der Waals surface area (Å²) in [6, 6.07) is 2.46. The number of benzene rings is 1. The Kier molecular flexibility index (Phi) is 5.69. The molecule has 0 fully saturated rings. The maximum absolute atomic E-state index is 13.7. The quantitative estimate of drug-likeness (QED) is 0.819. The van der Waals surface area contributed by atoms with E-state index in [0.29, 0.717) is 12.6 Å². The van der Waals surface area contributed by atoms with Crippen molar-refractivity contribution in [1.82, 2.24) is 10.6 Å². The first-order valence-corrected chi connectivity index (χ1v) is 6.18. The minimum atomic E-state index is -4.87. The van der Waals surface area contributed by atoms with Crippen molar-refractivity contribution in [2.45, 2.75) is 19.5 Å². The standard InChI is InChI=1S/C13H14F4N2O2/c1-2-18-10(20)6-7-19-12(21)8-4-3-5-9(11(8)14)13(15,16)17/h3-5H,2,6-7H2,1H3,(H,18,20)(H,19,21). The zero-order valence-corrected chi connectivity index (χ0v) is 11.2. The molecule has 0 bridgehead atoms. The van der Waals surface area contributed by atoms with Crippen molar-refractivity contribution < 1.29 is 27.2 Å². The first kappa shape index (κ1) is 16.9. The SMILES string of the molecule is CCNC(=O)CCNC(=O)c1cccc(C(F)(F)F)c1F. The molecule has 1 aromatic rings. The highest BCUT2D eigenvalue weighted by atomic mass is 19.4. The predicted octanol–water partition coefficient (Wildman–Crippen LogP) is 2.10. The van der Waals surface area contributed by atoms with E-state index in [1.54, 1.807) is 6.92 Å². The Morgan fingerprint density at radius 1 is 1.19 bits per heavy atom. The molecule has 1 rings (SSSR count). The van der Waals surface area contributed by atoms with Crippen molar-refractivity contribution in [2.24, 2.45) is 0 Å². The number of nitrogens with one attached hydrogen (secondary N) is 2. The van der Waals surface area contributed by atoms with Gasteiger partial charge >= 0.3 is 6.18 Å². The third-order valence-corrected chi connectivity index (χ3v) is 2.56. The van der Waals surface area contributed by atoms with Crippen LogP contribution in [0.1, 0.15) is 29.3 Å². The molecule has 0 aliphatic heterocycles. The second kappa shape index (κ2) is 7.05. The van der Waals surface area contributed by atoms with E-state index in [4.69, 9.17) is 0 Å². The number of carbonyl (C=O) groups is 2. The third-order valence-electron chi connectivity index (χ3n) is 2.56. The van der Waals surface area contributed by atoms with Gasteiger partial charge in [0.25, 0.3) is 5.91 Å². The first-order chi connectivity index (χ1) is 9.77. The first-order valence-electron chi connectivity index (χ1n) is 6.18. The topological polar surface area (TPSA) is 58.2 Å². The van der Waals surface area contributed by atoms with Crippen LogP contribution >= 0.6 is 0 Å². The summed E-state index contributed by atoms with van der Waals surface area (Å²) < 4.78 is 51.2. The number of amides is 2. The van der Waals surface area contributed by atoms with Gasteiger partial charge in [-0.15, -0.1) is 0 Å². The van der Waals surface area contributed by atoms with Crippen LogP contribution in [0.2, 0.25) is 0 Å². The Morgan fingerprint density at radius 2 is 1.86 bits per heavy atom. The summed E-state index contributed by atoms with van der Waals surface area (Å²) in [4.78, 5) is 22.8. The van der Waals surface area contributed by atoms with Gasteiger partial charge in [0.05, 0.1) is 11.1 Å². The number of carbonyl (C=O) groups excluding carboxylic acids is 2. The van der Waals surface area contributed by atoms with Crippen LogP contribution in [0.5, 0.6) is 0 Å². The van der Waals surface area contributed by atoms with Gasteiger partial charge < -0.3 is 10.6 Å². The lowest BCUT2D eigenvalue weighted by atomic mass is 10.1. The molecule has 21 heavy (non-hydrogen) atoms. The zero-order valence-electron chi connectivity index (χ0n) is 11.2. The highest BCUT2D eigenvalue weighted by Crippen LogP contribution is 2.32. The third kappa shape index (κ3) is 4.73. The van der Waals surface area contributed by atoms with E-state index in [-0.39, 0.29) is 18.9 Å². The van der Waals surface area contributed by atoms with E-state index >= 15 is 0 Å². The van der Waals surface area contributed by atoms with Crippen LogP contribution in [0.25, 0.3) is 0 Å². The minimum absolute atomic E-state index is 0.0415. The maximum atomic E-state index is 13.7. The highest BCUT2D eigenvalue weighted by Gasteiger charge is 2.35. The van der Waals surface area contributed by atoms with Gasteiger partial charge in [-0.25, -0.2) is 4.39 Å². The van der Waals surface area contributed by atoms with Crippen molar-refractivity contribution >= 4 is 11.8 Å². The molecule has 8 heteroatoms. The largest absolute Gasteiger partial charge is 0.419 e.